The fourth-order valence-electron chi connectivity index (χ4n) is 0.0861. The summed E-state index contributed by atoms with van der Waals surface area (Å²) in [4.78, 5) is 0. The van der Waals surface area contributed by atoms with Crippen molar-refractivity contribution in [3.8, 4) is 0 Å². The third-order valence-corrected chi connectivity index (χ3v) is 3.90. The molecule has 0 unspecified atom stereocenters. The smallest absolute Gasteiger partial charge is 0.279 e. The summed E-state index contributed by atoms with van der Waals surface area (Å²) in [6, 6.07) is 0. The molecule has 0 amide bonds. The van der Waals surface area contributed by atoms with Gasteiger partial charge in [0.25, 0.3) is 0 Å². The molecule has 1 N–H and O–H groups in total. The van der Waals surface area contributed by atoms with Gasteiger partial charge < -0.3 is 0 Å². The van der Waals surface area contributed by atoms with Gasteiger partial charge in [-0.1, -0.05) is 0 Å². The third kappa shape index (κ3) is 4.95. The van der Waals surface area contributed by atoms with Crippen molar-refractivity contribution in [1.29, 1.82) is 0 Å². The molecule has 1 rings (SSSR count). The van der Waals surface area contributed by atoms with Crippen molar-refractivity contribution in [2.45, 2.75) is 5.51 Å². The Morgan fingerprint density at radius 2 is 1.50 bits per heavy atom. The minimum atomic E-state index is -5.84. The molecule has 0 aromatic rings. The van der Waals surface area contributed by atoms with E-state index in [9.17, 15) is 13.2 Å². The summed E-state index contributed by atoms with van der Waals surface area (Å²) in [5.74, 6) is 0. The van der Waals surface area contributed by atoms with Crippen molar-refractivity contribution in [3.63, 3.8) is 0 Å². The second kappa shape index (κ2) is 4.44. The summed E-state index contributed by atoms with van der Waals surface area (Å²) < 4.78 is 62.2. The molecular formula is C4H4BiF3O3S. The predicted molar refractivity (Wildman–Crippen MR) is 38.6 cm³/mol. The normalized spacial score (nSPS) is 14.7. The van der Waals surface area contributed by atoms with E-state index in [-0.39, 0.29) is 22.8 Å². The average molecular weight is 398 g/mol. The summed E-state index contributed by atoms with van der Waals surface area (Å²) in [6.45, 7) is 0. The molecule has 0 saturated carbocycles. The van der Waals surface area contributed by atoms with Crippen LogP contribution in [0, 0.1) is 0 Å². The standard InChI is InChI=1S/C3H3.CHF3O3S.Bi/c1-3-2;2-1(3,4)8(5,6)7;/h1-3H;(H,5,6,7);. The van der Waals surface area contributed by atoms with Crippen LogP contribution in [0.1, 0.15) is 0 Å². The van der Waals surface area contributed by atoms with Crippen molar-refractivity contribution >= 4 is 36.6 Å². The topological polar surface area (TPSA) is 54.4 Å². The zero-order chi connectivity index (χ0) is 9.83. The fraction of sp³-hybridized carbons (Fsp3) is 0.250. The van der Waals surface area contributed by atoms with E-state index in [1.165, 1.54) is 0 Å². The number of halogens is 3. The van der Waals surface area contributed by atoms with Gasteiger partial charge in [-0.15, -0.1) is 0 Å². The Morgan fingerprint density at radius 3 is 1.50 bits per heavy atom. The molecule has 3 nitrogen and oxygen atoms in total. The molecule has 0 aromatic heterocycles. The van der Waals surface area contributed by atoms with Gasteiger partial charge in [0.1, 0.15) is 0 Å². The van der Waals surface area contributed by atoms with Gasteiger partial charge in [-0.25, -0.2) is 0 Å². The van der Waals surface area contributed by atoms with Crippen LogP contribution >= 0.6 is 0 Å². The fourth-order valence-corrected chi connectivity index (χ4v) is 0.755. The van der Waals surface area contributed by atoms with Gasteiger partial charge >= 0.3 is 51.9 Å². The quantitative estimate of drug-likeness (QED) is 0.366. The summed E-state index contributed by atoms with van der Waals surface area (Å²) >= 11 is 0.0309. The molecule has 0 atom stereocenters. The first-order chi connectivity index (χ1) is 5.25. The Kier molecular flexibility index (Phi) is 4.51. The molecule has 0 fully saturated rings. The predicted octanol–water partition coefficient (Wildman–Crippen LogP) is 0.414. The van der Waals surface area contributed by atoms with E-state index >= 15 is 0 Å². The molecule has 0 spiro atoms. The summed E-state index contributed by atoms with van der Waals surface area (Å²) in [7, 11) is -5.84. The van der Waals surface area contributed by atoms with Crippen LogP contribution in [-0.2, 0) is 10.1 Å². The monoisotopic (exact) mass is 398 g/mol. The van der Waals surface area contributed by atoms with Crippen LogP contribution in [0.25, 0.3) is 0 Å². The van der Waals surface area contributed by atoms with E-state index in [0.717, 1.165) is 0 Å². The van der Waals surface area contributed by atoms with Crippen molar-refractivity contribution in [2.75, 3.05) is 0 Å². The van der Waals surface area contributed by atoms with E-state index < -0.39 is 15.6 Å². The van der Waals surface area contributed by atoms with Gasteiger partial charge in [-0.3, -0.25) is 4.55 Å². The first kappa shape index (κ1) is 12.2. The van der Waals surface area contributed by atoms with Crippen molar-refractivity contribution in [3.05, 3.63) is 9.86 Å². The number of allylic oxidation sites excluding steroid dienone is 1. The van der Waals surface area contributed by atoms with Gasteiger partial charge in [0, 0.05) is 0 Å². The van der Waals surface area contributed by atoms with Crippen molar-refractivity contribution in [2.24, 2.45) is 0 Å². The van der Waals surface area contributed by atoms with E-state index in [1.54, 1.807) is 0 Å². The van der Waals surface area contributed by atoms with Gasteiger partial charge in [0.2, 0.25) is 0 Å². The molecular weight excluding hydrogens is 394 g/mol. The minimum Gasteiger partial charge on any atom is -0.279 e. The molecule has 0 saturated heterocycles. The average Bonchev–Trinajstić information content (AvgIpc) is 1.50. The molecule has 8 heteroatoms. The van der Waals surface area contributed by atoms with Crippen LogP contribution in [0.15, 0.2) is 9.86 Å². The zero-order valence-electron chi connectivity index (χ0n) is 5.49. The molecule has 0 aliphatic carbocycles. The summed E-state index contributed by atoms with van der Waals surface area (Å²) in [5.41, 5.74) is -5.53. The molecule has 70 valence electrons. The third-order valence-electron chi connectivity index (χ3n) is 0.637. The molecule has 0 bridgehead atoms. The van der Waals surface area contributed by atoms with Gasteiger partial charge in [0.05, 0.1) is 0 Å². The van der Waals surface area contributed by atoms with E-state index in [2.05, 4.69) is 13.6 Å². The van der Waals surface area contributed by atoms with Crippen LogP contribution in [0.5, 0.6) is 0 Å². The SMILES string of the molecule is C1=[CH][Bi]=[CH]1.O=S(=O)(O)C(F)(F)F. The van der Waals surface area contributed by atoms with Gasteiger partial charge in [0.15, 0.2) is 0 Å². The Balaban J connectivity index is 0.000000247. The number of rotatable bonds is 0. The number of hydrogen-bond acceptors (Lipinski definition) is 2. The Morgan fingerprint density at radius 1 is 1.33 bits per heavy atom. The molecule has 1 heterocycles. The maximum absolute atomic E-state index is 10.7. The number of alkyl halides is 3. The minimum absolute atomic E-state index is 0.0309. The van der Waals surface area contributed by atoms with Crippen molar-refractivity contribution < 1.29 is 26.1 Å². The molecule has 0 aromatic carbocycles. The maximum atomic E-state index is 10.7. The molecule has 1 aliphatic rings. The first-order valence-corrected chi connectivity index (χ1v) is 7.93. The summed E-state index contributed by atoms with van der Waals surface area (Å²) in [6.07, 6.45) is 2.14. The van der Waals surface area contributed by atoms with E-state index in [1.807, 2.05) is 0 Å². The second-order valence-corrected chi connectivity index (χ2v) is 6.45. The molecule has 12 heavy (non-hydrogen) atoms. The zero-order valence-corrected chi connectivity index (χ0v) is 9.78. The van der Waals surface area contributed by atoms with Crippen LogP contribution in [0.3, 0.4) is 0 Å². The summed E-state index contributed by atoms with van der Waals surface area (Å²) in [5, 5.41) is 0. The van der Waals surface area contributed by atoms with Crippen LogP contribution in [0.2, 0.25) is 0 Å². The first-order valence-electron chi connectivity index (χ1n) is 2.47. The van der Waals surface area contributed by atoms with Crippen LogP contribution < -0.4 is 0 Å². The van der Waals surface area contributed by atoms with E-state index in [4.69, 9.17) is 13.0 Å². The molecule has 0 radical (unpaired) electrons. The largest absolute Gasteiger partial charge is 0.522 e. The Hall–Kier alpha value is 0.193. The number of hydrogen-bond donors (Lipinski definition) is 1. The van der Waals surface area contributed by atoms with Crippen LogP contribution in [-0.4, -0.2) is 44.9 Å². The second-order valence-electron chi connectivity index (χ2n) is 1.56. The molecule has 1 aliphatic heterocycles. The van der Waals surface area contributed by atoms with Crippen LogP contribution in [0.4, 0.5) is 13.2 Å². The Bertz CT molecular complexity index is 271. The van der Waals surface area contributed by atoms with Crippen molar-refractivity contribution in [1.82, 2.24) is 0 Å². The van der Waals surface area contributed by atoms with Gasteiger partial charge in [-0.2, -0.15) is 21.6 Å². The Labute approximate surface area is 78.1 Å². The van der Waals surface area contributed by atoms with E-state index in [0.29, 0.717) is 0 Å². The van der Waals surface area contributed by atoms with Gasteiger partial charge in [-0.05, 0) is 0 Å². The maximum Gasteiger partial charge on any atom is 0.522 e.